The van der Waals surface area contributed by atoms with Crippen LogP contribution < -0.4 is 15.0 Å². The van der Waals surface area contributed by atoms with Crippen LogP contribution in [0.1, 0.15) is 34.5 Å². The second-order valence-corrected chi connectivity index (χ2v) is 7.33. The highest BCUT2D eigenvalue weighted by molar-refractivity contribution is 5.94. The number of carbonyl (C=O) groups is 1. The van der Waals surface area contributed by atoms with Gasteiger partial charge in [0.2, 0.25) is 5.95 Å². The van der Waals surface area contributed by atoms with Gasteiger partial charge in [-0.25, -0.2) is 9.97 Å². The molecule has 2 aromatic rings. The number of hydrogen-bond donors (Lipinski definition) is 1. The van der Waals surface area contributed by atoms with E-state index in [0.29, 0.717) is 31.9 Å². The van der Waals surface area contributed by atoms with E-state index in [2.05, 4.69) is 21.8 Å². The molecule has 1 unspecified atom stereocenters. The third-order valence-electron chi connectivity index (χ3n) is 5.21. The molecule has 1 atom stereocenters. The first kappa shape index (κ1) is 19.4. The molecule has 7 heteroatoms. The lowest BCUT2D eigenvalue weighted by atomic mass is 10.1. The van der Waals surface area contributed by atoms with Gasteiger partial charge in [-0.3, -0.25) is 4.79 Å². The normalized spacial score (nSPS) is 18.6. The van der Waals surface area contributed by atoms with E-state index in [4.69, 9.17) is 14.5 Å². The van der Waals surface area contributed by atoms with Gasteiger partial charge in [0, 0.05) is 42.9 Å². The van der Waals surface area contributed by atoms with E-state index in [9.17, 15) is 4.79 Å². The van der Waals surface area contributed by atoms with Crippen LogP contribution in [0.3, 0.4) is 0 Å². The average Bonchev–Trinajstić information content (AvgIpc) is 2.78. The predicted octanol–water partition coefficient (Wildman–Crippen LogP) is 2.51. The minimum atomic E-state index is -0.0735. The second-order valence-electron chi connectivity index (χ2n) is 7.33. The fraction of sp³-hybridized carbons (Fsp3) is 0.409. The number of anilines is 1. The van der Waals surface area contributed by atoms with E-state index in [1.807, 2.05) is 6.20 Å². The first-order chi connectivity index (χ1) is 14.2. The number of rotatable bonds is 6. The Kier molecular flexibility index (Phi) is 6.05. The summed E-state index contributed by atoms with van der Waals surface area (Å²) in [5.74, 6) is 1.39. The molecule has 1 amide bonds. The summed E-state index contributed by atoms with van der Waals surface area (Å²) < 4.78 is 10.9. The van der Waals surface area contributed by atoms with Gasteiger partial charge in [0.15, 0.2) is 0 Å². The van der Waals surface area contributed by atoms with Crippen LogP contribution in [0.2, 0.25) is 0 Å². The first-order valence-electron chi connectivity index (χ1n) is 10.0. The fourth-order valence-electron chi connectivity index (χ4n) is 3.67. The van der Waals surface area contributed by atoms with Crippen molar-refractivity contribution in [2.45, 2.75) is 31.9 Å². The van der Waals surface area contributed by atoms with E-state index in [-0.39, 0.29) is 11.9 Å². The molecule has 1 N–H and O–H groups in total. The van der Waals surface area contributed by atoms with Crippen molar-refractivity contribution >= 4 is 11.9 Å². The van der Waals surface area contributed by atoms with Crippen LogP contribution >= 0.6 is 0 Å². The molecule has 2 aliphatic heterocycles. The molecule has 0 spiro atoms. The number of carbonyl (C=O) groups excluding carboxylic acids is 1. The topological polar surface area (TPSA) is 76.6 Å². The monoisotopic (exact) mass is 394 g/mol. The Balaban J connectivity index is 1.37. The summed E-state index contributed by atoms with van der Waals surface area (Å²) in [4.78, 5) is 24.1. The van der Waals surface area contributed by atoms with Crippen molar-refractivity contribution in [2.75, 3.05) is 31.2 Å². The summed E-state index contributed by atoms with van der Waals surface area (Å²) >= 11 is 0. The molecule has 0 saturated carbocycles. The number of amides is 1. The van der Waals surface area contributed by atoms with Crippen molar-refractivity contribution < 1.29 is 14.3 Å². The standard InChI is InChI=1S/C22H26N4O3/c1-2-11-29-19-7-5-16(6-8-19)21(27)24-18-4-3-10-26(14-18)22-23-13-17-15-28-12-9-20(17)25-22/h2,5-8,13,18H,1,3-4,9-12,14-15H2,(H,24,27). The summed E-state index contributed by atoms with van der Waals surface area (Å²) in [7, 11) is 0. The Labute approximate surface area is 170 Å². The number of nitrogens with one attached hydrogen (secondary N) is 1. The van der Waals surface area contributed by atoms with E-state index in [0.717, 1.165) is 48.8 Å². The Morgan fingerprint density at radius 2 is 2.24 bits per heavy atom. The lowest BCUT2D eigenvalue weighted by Gasteiger charge is -2.33. The molecule has 1 aromatic heterocycles. The molecule has 1 fully saturated rings. The largest absolute Gasteiger partial charge is 0.490 e. The molecule has 152 valence electrons. The highest BCUT2D eigenvalue weighted by atomic mass is 16.5. The SMILES string of the molecule is C=CCOc1ccc(C(=O)NC2CCCN(c3ncc4c(n3)CCOC4)C2)cc1. The smallest absolute Gasteiger partial charge is 0.251 e. The van der Waals surface area contributed by atoms with E-state index in [1.165, 1.54) is 0 Å². The molecular weight excluding hydrogens is 368 g/mol. The van der Waals surface area contributed by atoms with Crippen LogP contribution in [0.4, 0.5) is 5.95 Å². The summed E-state index contributed by atoms with van der Waals surface area (Å²) in [6, 6.07) is 7.23. The van der Waals surface area contributed by atoms with Crippen molar-refractivity contribution in [2.24, 2.45) is 0 Å². The maximum Gasteiger partial charge on any atom is 0.251 e. The van der Waals surface area contributed by atoms with Gasteiger partial charge in [0.25, 0.3) is 5.91 Å². The van der Waals surface area contributed by atoms with Crippen molar-refractivity contribution in [3.05, 3.63) is 59.9 Å². The summed E-state index contributed by atoms with van der Waals surface area (Å²) in [6.07, 6.45) is 6.32. The lowest BCUT2D eigenvalue weighted by Crippen LogP contribution is -2.48. The minimum Gasteiger partial charge on any atom is -0.490 e. The lowest BCUT2D eigenvalue weighted by molar-refractivity contribution is 0.0933. The molecule has 0 aliphatic carbocycles. The third kappa shape index (κ3) is 4.74. The summed E-state index contributed by atoms with van der Waals surface area (Å²) in [5, 5.41) is 3.15. The van der Waals surface area contributed by atoms with Crippen LogP contribution in [-0.2, 0) is 17.8 Å². The Bertz CT molecular complexity index is 869. The van der Waals surface area contributed by atoms with Crippen LogP contribution in [0.15, 0.2) is 43.1 Å². The zero-order valence-electron chi connectivity index (χ0n) is 16.5. The molecule has 1 saturated heterocycles. The maximum atomic E-state index is 12.6. The van der Waals surface area contributed by atoms with Gasteiger partial charge in [-0.05, 0) is 37.1 Å². The number of piperidine rings is 1. The number of fused-ring (bicyclic) bond motifs is 1. The molecule has 0 radical (unpaired) electrons. The van der Waals surface area contributed by atoms with Crippen LogP contribution in [-0.4, -0.2) is 48.2 Å². The molecule has 4 rings (SSSR count). The van der Waals surface area contributed by atoms with Gasteiger partial charge in [0.1, 0.15) is 12.4 Å². The van der Waals surface area contributed by atoms with Crippen LogP contribution in [0, 0.1) is 0 Å². The van der Waals surface area contributed by atoms with E-state index >= 15 is 0 Å². The zero-order valence-corrected chi connectivity index (χ0v) is 16.5. The minimum absolute atomic E-state index is 0.0657. The van der Waals surface area contributed by atoms with Crippen LogP contribution in [0.25, 0.3) is 0 Å². The quantitative estimate of drug-likeness (QED) is 0.759. The van der Waals surface area contributed by atoms with Crippen molar-refractivity contribution in [3.63, 3.8) is 0 Å². The third-order valence-corrected chi connectivity index (χ3v) is 5.21. The molecular formula is C22H26N4O3. The molecule has 7 nitrogen and oxygen atoms in total. The fourth-order valence-corrected chi connectivity index (χ4v) is 3.67. The van der Waals surface area contributed by atoms with Crippen molar-refractivity contribution in [1.82, 2.24) is 15.3 Å². The summed E-state index contributed by atoms with van der Waals surface area (Å²) in [5.41, 5.74) is 2.77. The number of benzene rings is 1. The predicted molar refractivity (Wildman–Crippen MR) is 110 cm³/mol. The van der Waals surface area contributed by atoms with E-state index in [1.54, 1.807) is 30.3 Å². The molecule has 2 aliphatic rings. The number of aromatic nitrogens is 2. The number of nitrogens with zero attached hydrogens (tertiary/aromatic N) is 3. The van der Waals surface area contributed by atoms with Crippen molar-refractivity contribution in [1.29, 1.82) is 0 Å². The van der Waals surface area contributed by atoms with Gasteiger partial charge in [-0.2, -0.15) is 0 Å². The maximum absolute atomic E-state index is 12.6. The zero-order chi connectivity index (χ0) is 20.1. The van der Waals surface area contributed by atoms with Gasteiger partial charge >= 0.3 is 0 Å². The highest BCUT2D eigenvalue weighted by Crippen LogP contribution is 2.21. The van der Waals surface area contributed by atoms with Crippen molar-refractivity contribution in [3.8, 4) is 5.75 Å². The van der Waals surface area contributed by atoms with Gasteiger partial charge < -0.3 is 19.7 Å². The molecule has 3 heterocycles. The van der Waals surface area contributed by atoms with Gasteiger partial charge in [-0.15, -0.1) is 0 Å². The Morgan fingerprint density at radius 3 is 3.07 bits per heavy atom. The summed E-state index contributed by atoms with van der Waals surface area (Å²) in [6.45, 7) is 6.98. The Hall–Kier alpha value is -2.93. The highest BCUT2D eigenvalue weighted by Gasteiger charge is 2.24. The van der Waals surface area contributed by atoms with Crippen LogP contribution in [0.5, 0.6) is 5.75 Å². The number of ether oxygens (including phenoxy) is 2. The number of hydrogen-bond acceptors (Lipinski definition) is 6. The van der Waals surface area contributed by atoms with Gasteiger partial charge in [0.05, 0.1) is 18.9 Å². The molecule has 29 heavy (non-hydrogen) atoms. The second kappa shape index (κ2) is 9.05. The van der Waals surface area contributed by atoms with Gasteiger partial charge in [-0.1, -0.05) is 12.7 Å². The molecule has 1 aromatic carbocycles. The average molecular weight is 394 g/mol. The first-order valence-corrected chi connectivity index (χ1v) is 10.0. The molecule has 0 bridgehead atoms. The van der Waals surface area contributed by atoms with E-state index < -0.39 is 0 Å². The Morgan fingerprint density at radius 1 is 1.38 bits per heavy atom.